The molecule has 0 rings (SSSR count). The molecule has 10 heavy (non-hydrogen) atoms. The summed E-state index contributed by atoms with van der Waals surface area (Å²) in [6, 6.07) is 0. The summed E-state index contributed by atoms with van der Waals surface area (Å²) in [4.78, 5) is 0. The Morgan fingerprint density at radius 1 is 1.30 bits per heavy atom. The van der Waals surface area contributed by atoms with Crippen molar-refractivity contribution in [3.63, 3.8) is 0 Å². The number of alkyl halides is 1. The molecule has 0 amide bonds. The third kappa shape index (κ3) is 4.32. The highest BCUT2D eigenvalue weighted by Gasteiger charge is 2.09. The normalized spacial score (nSPS) is 14.1. The molecule has 0 aliphatic carbocycles. The smallest absolute Gasteiger partial charge is 0.00621 e. The van der Waals surface area contributed by atoms with Crippen molar-refractivity contribution in [3.05, 3.63) is 0 Å². The molecule has 0 radical (unpaired) electrons. The van der Waals surface area contributed by atoms with Gasteiger partial charge in [0.1, 0.15) is 0 Å². The summed E-state index contributed by atoms with van der Waals surface area (Å²) < 4.78 is 0. The van der Waals surface area contributed by atoms with Gasteiger partial charge in [0.25, 0.3) is 0 Å². The Labute approximate surface area is 73.5 Å². The van der Waals surface area contributed by atoms with Crippen LogP contribution in [0.4, 0.5) is 0 Å². The van der Waals surface area contributed by atoms with Gasteiger partial charge in [-0.3, -0.25) is 0 Å². The molecule has 1 heteroatoms. The van der Waals surface area contributed by atoms with Gasteiger partial charge >= 0.3 is 0 Å². The first kappa shape index (κ1) is 10.5. The average molecular weight is 207 g/mol. The van der Waals surface area contributed by atoms with E-state index in [9.17, 15) is 0 Å². The zero-order chi connectivity index (χ0) is 7.98. The second kappa shape index (κ2) is 6.21. The Kier molecular flexibility index (Phi) is 6.50. The van der Waals surface area contributed by atoms with Gasteiger partial charge in [-0.2, -0.15) is 0 Å². The maximum Gasteiger partial charge on any atom is 0.00621 e. The van der Waals surface area contributed by atoms with Gasteiger partial charge in [0.05, 0.1) is 0 Å². The molecule has 0 aliphatic heterocycles. The van der Waals surface area contributed by atoms with Crippen molar-refractivity contribution in [3.8, 4) is 0 Å². The summed E-state index contributed by atoms with van der Waals surface area (Å²) >= 11 is 3.55. The molecule has 0 heterocycles. The Morgan fingerprint density at radius 3 is 2.20 bits per heavy atom. The summed E-state index contributed by atoms with van der Waals surface area (Å²) in [7, 11) is 0. The monoisotopic (exact) mass is 206 g/mol. The van der Waals surface area contributed by atoms with E-state index in [-0.39, 0.29) is 0 Å². The van der Waals surface area contributed by atoms with Crippen molar-refractivity contribution < 1.29 is 0 Å². The van der Waals surface area contributed by atoms with Crippen molar-refractivity contribution in [1.29, 1.82) is 0 Å². The van der Waals surface area contributed by atoms with Crippen molar-refractivity contribution in [2.24, 2.45) is 11.8 Å². The van der Waals surface area contributed by atoms with Crippen LogP contribution in [0.2, 0.25) is 0 Å². The highest BCUT2D eigenvalue weighted by molar-refractivity contribution is 9.09. The van der Waals surface area contributed by atoms with Crippen molar-refractivity contribution in [1.82, 2.24) is 0 Å². The summed E-state index contributed by atoms with van der Waals surface area (Å²) in [5, 5.41) is 1.17. The van der Waals surface area contributed by atoms with E-state index in [4.69, 9.17) is 0 Å². The largest absolute Gasteiger partial charge is 0.0925 e. The van der Waals surface area contributed by atoms with Crippen molar-refractivity contribution in [2.75, 3.05) is 5.33 Å². The van der Waals surface area contributed by atoms with E-state index in [2.05, 4.69) is 36.7 Å². The predicted octanol–water partition coefficient (Wildman–Crippen LogP) is 3.84. The molecule has 0 aromatic carbocycles. The van der Waals surface area contributed by atoms with Crippen LogP contribution in [0.3, 0.4) is 0 Å². The molecule has 0 bridgehead atoms. The topological polar surface area (TPSA) is 0 Å². The van der Waals surface area contributed by atoms with Crippen LogP contribution in [-0.4, -0.2) is 5.33 Å². The molecule has 0 nitrogen and oxygen atoms in total. The van der Waals surface area contributed by atoms with Gasteiger partial charge in [-0.15, -0.1) is 0 Å². The van der Waals surface area contributed by atoms with Crippen LogP contribution in [0, 0.1) is 11.8 Å². The van der Waals surface area contributed by atoms with E-state index in [0.717, 1.165) is 11.8 Å². The van der Waals surface area contributed by atoms with E-state index >= 15 is 0 Å². The molecule has 1 unspecified atom stereocenters. The third-order valence-corrected chi connectivity index (χ3v) is 2.90. The van der Waals surface area contributed by atoms with Crippen LogP contribution in [0.25, 0.3) is 0 Å². The van der Waals surface area contributed by atoms with Crippen LogP contribution in [0.15, 0.2) is 0 Å². The van der Waals surface area contributed by atoms with E-state index in [0.29, 0.717) is 0 Å². The summed E-state index contributed by atoms with van der Waals surface area (Å²) in [5.74, 6) is 1.73. The van der Waals surface area contributed by atoms with Gasteiger partial charge in [-0.25, -0.2) is 0 Å². The highest BCUT2D eigenvalue weighted by atomic mass is 79.9. The zero-order valence-corrected chi connectivity index (χ0v) is 8.95. The molecular formula is C9H19Br. The highest BCUT2D eigenvalue weighted by Crippen LogP contribution is 2.19. The Bertz CT molecular complexity index is 69.1. The molecule has 62 valence electrons. The molecule has 0 saturated carbocycles. The fraction of sp³-hybridized carbons (Fsp3) is 1.00. The number of rotatable bonds is 5. The maximum absolute atomic E-state index is 3.55. The van der Waals surface area contributed by atoms with Crippen LogP contribution in [0.1, 0.15) is 40.0 Å². The lowest BCUT2D eigenvalue weighted by Crippen LogP contribution is -2.09. The molecule has 0 aromatic rings. The molecule has 0 N–H and O–H groups in total. The molecule has 0 spiro atoms. The van der Waals surface area contributed by atoms with Crippen LogP contribution in [0.5, 0.6) is 0 Å². The first-order chi connectivity index (χ1) is 4.72. The summed E-state index contributed by atoms with van der Waals surface area (Å²) in [6.45, 7) is 6.87. The Morgan fingerprint density at radius 2 is 1.90 bits per heavy atom. The first-order valence-electron chi connectivity index (χ1n) is 4.28. The van der Waals surface area contributed by atoms with E-state index in [1.54, 1.807) is 0 Å². The van der Waals surface area contributed by atoms with Crippen molar-refractivity contribution in [2.45, 2.75) is 40.0 Å². The second-order valence-electron chi connectivity index (χ2n) is 3.30. The van der Waals surface area contributed by atoms with Crippen LogP contribution >= 0.6 is 15.9 Å². The van der Waals surface area contributed by atoms with Crippen LogP contribution in [-0.2, 0) is 0 Å². The molecule has 0 aliphatic rings. The second-order valence-corrected chi connectivity index (χ2v) is 3.95. The first-order valence-corrected chi connectivity index (χ1v) is 5.40. The van der Waals surface area contributed by atoms with E-state index in [1.165, 1.54) is 24.6 Å². The minimum atomic E-state index is 0.839. The zero-order valence-electron chi connectivity index (χ0n) is 7.36. The fourth-order valence-electron chi connectivity index (χ4n) is 1.05. The standard InChI is InChI=1S/C9H19Br/c1-4-5-6-9(7-10)8(2)3/h8-9H,4-7H2,1-3H3. The van der Waals surface area contributed by atoms with Gasteiger partial charge in [0.15, 0.2) is 0 Å². The average Bonchev–Trinajstić information content (AvgIpc) is 1.89. The molecule has 0 saturated heterocycles. The minimum Gasteiger partial charge on any atom is -0.0925 e. The van der Waals surface area contributed by atoms with Gasteiger partial charge in [0.2, 0.25) is 0 Å². The minimum absolute atomic E-state index is 0.839. The molecular weight excluding hydrogens is 188 g/mol. The summed E-state index contributed by atoms with van der Waals surface area (Å²) in [5.41, 5.74) is 0. The molecule has 0 fully saturated rings. The van der Waals surface area contributed by atoms with Gasteiger partial charge in [0, 0.05) is 5.33 Å². The lowest BCUT2D eigenvalue weighted by atomic mass is 9.93. The number of hydrogen-bond acceptors (Lipinski definition) is 0. The quantitative estimate of drug-likeness (QED) is 0.601. The molecule has 1 atom stereocenters. The Hall–Kier alpha value is 0.480. The lowest BCUT2D eigenvalue weighted by molar-refractivity contribution is 0.390. The predicted molar refractivity (Wildman–Crippen MR) is 51.6 cm³/mol. The van der Waals surface area contributed by atoms with Gasteiger partial charge in [-0.05, 0) is 18.3 Å². The van der Waals surface area contributed by atoms with Gasteiger partial charge in [-0.1, -0.05) is 49.5 Å². The van der Waals surface area contributed by atoms with Gasteiger partial charge < -0.3 is 0 Å². The SMILES string of the molecule is CCCCC(CBr)C(C)C. The number of unbranched alkanes of at least 4 members (excludes halogenated alkanes) is 1. The lowest BCUT2D eigenvalue weighted by Gasteiger charge is -2.16. The fourth-order valence-corrected chi connectivity index (χ4v) is 2.13. The number of hydrogen-bond donors (Lipinski definition) is 0. The molecule has 0 aromatic heterocycles. The Balaban J connectivity index is 3.40. The van der Waals surface area contributed by atoms with E-state index in [1.807, 2.05) is 0 Å². The number of halogens is 1. The van der Waals surface area contributed by atoms with Crippen molar-refractivity contribution >= 4 is 15.9 Å². The third-order valence-electron chi connectivity index (χ3n) is 2.07. The summed E-state index contributed by atoms with van der Waals surface area (Å²) in [6.07, 6.45) is 4.10. The van der Waals surface area contributed by atoms with E-state index < -0.39 is 0 Å². The maximum atomic E-state index is 3.55. The van der Waals surface area contributed by atoms with Crippen LogP contribution < -0.4 is 0 Å².